The maximum atomic E-state index is 13.5. The summed E-state index contributed by atoms with van der Waals surface area (Å²) >= 11 is 0. The fourth-order valence-corrected chi connectivity index (χ4v) is 2.26. The minimum Gasteiger partial charge on any atom is -0.452 e. The summed E-state index contributed by atoms with van der Waals surface area (Å²) in [5.41, 5.74) is 6.10. The molecule has 1 aromatic rings. The minimum absolute atomic E-state index is 0.0158. The van der Waals surface area contributed by atoms with Crippen molar-refractivity contribution >= 4 is 17.6 Å². The molecule has 114 valence electrons. The summed E-state index contributed by atoms with van der Waals surface area (Å²) in [5, 5.41) is 0. The van der Waals surface area contributed by atoms with Crippen molar-refractivity contribution in [1.29, 1.82) is 0 Å². The van der Waals surface area contributed by atoms with Crippen molar-refractivity contribution in [1.82, 2.24) is 4.90 Å². The molecule has 0 radical (unpaired) electrons. The lowest BCUT2D eigenvalue weighted by molar-refractivity contribution is -0.135. The highest BCUT2D eigenvalue weighted by Gasteiger charge is 2.19. The van der Waals surface area contributed by atoms with Crippen molar-refractivity contribution in [2.24, 2.45) is 0 Å². The van der Waals surface area contributed by atoms with Crippen LogP contribution in [0, 0.1) is 12.7 Å². The molecule has 0 spiro atoms. The molecule has 1 aromatic carbocycles. The fourth-order valence-electron chi connectivity index (χ4n) is 2.26. The first-order chi connectivity index (χ1) is 9.99. The molecule has 5 nitrogen and oxygen atoms in total. The normalized spacial score (nSPS) is 14.9. The lowest BCUT2D eigenvalue weighted by atomic mass is 10.1. The van der Waals surface area contributed by atoms with Crippen LogP contribution in [0.5, 0.6) is 0 Å². The number of halogens is 1. The maximum absolute atomic E-state index is 13.5. The lowest BCUT2D eigenvalue weighted by Crippen LogP contribution is -2.38. The Kier molecular flexibility index (Phi) is 4.77. The number of anilines is 1. The van der Waals surface area contributed by atoms with Crippen LogP contribution in [0.25, 0.3) is 0 Å². The van der Waals surface area contributed by atoms with Gasteiger partial charge < -0.3 is 15.4 Å². The van der Waals surface area contributed by atoms with E-state index in [0.29, 0.717) is 13.1 Å². The molecule has 1 aliphatic rings. The SMILES string of the molecule is Cc1c(N)cc(C(=O)OCC(=O)N2CCCCC2)cc1F. The Labute approximate surface area is 122 Å². The van der Waals surface area contributed by atoms with E-state index in [-0.39, 0.29) is 29.3 Å². The smallest absolute Gasteiger partial charge is 0.338 e. The molecule has 21 heavy (non-hydrogen) atoms. The molecule has 2 rings (SSSR count). The van der Waals surface area contributed by atoms with Crippen molar-refractivity contribution < 1.29 is 18.7 Å². The molecule has 0 unspecified atom stereocenters. The van der Waals surface area contributed by atoms with E-state index in [1.807, 2.05) is 0 Å². The van der Waals surface area contributed by atoms with Gasteiger partial charge in [-0.15, -0.1) is 0 Å². The van der Waals surface area contributed by atoms with Crippen molar-refractivity contribution in [3.63, 3.8) is 0 Å². The Hall–Kier alpha value is -2.11. The van der Waals surface area contributed by atoms with Crippen LogP contribution in [0.1, 0.15) is 35.2 Å². The zero-order chi connectivity index (χ0) is 15.4. The number of nitrogens with zero attached hydrogens (tertiary/aromatic N) is 1. The average molecular weight is 294 g/mol. The molecule has 1 heterocycles. The van der Waals surface area contributed by atoms with E-state index in [2.05, 4.69) is 0 Å². The summed E-state index contributed by atoms with van der Waals surface area (Å²) in [5.74, 6) is -1.53. The summed E-state index contributed by atoms with van der Waals surface area (Å²) in [7, 11) is 0. The Bertz CT molecular complexity index is 531. The number of hydrogen-bond donors (Lipinski definition) is 1. The van der Waals surface area contributed by atoms with Gasteiger partial charge in [0.25, 0.3) is 5.91 Å². The standard InChI is InChI=1S/C15H19FN2O3/c1-10-12(16)7-11(8-13(10)17)15(20)21-9-14(19)18-5-3-2-4-6-18/h7-8H,2-6,9,17H2,1H3. The second-order valence-corrected chi connectivity index (χ2v) is 5.19. The van der Waals surface area contributed by atoms with Crippen LogP contribution in [0.15, 0.2) is 12.1 Å². The summed E-state index contributed by atoms with van der Waals surface area (Å²) in [6, 6.07) is 2.42. The minimum atomic E-state index is -0.744. The topological polar surface area (TPSA) is 72.6 Å². The van der Waals surface area contributed by atoms with E-state index in [9.17, 15) is 14.0 Å². The Morgan fingerprint density at radius 3 is 2.57 bits per heavy atom. The van der Waals surface area contributed by atoms with Gasteiger partial charge in [-0.3, -0.25) is 4.79 Å². The van der Waals surface area contributed by atoms with Crippen LogP contribution < -0.4 is 5.73 Å². The van der Waals surface area contributed by atoms with E-state index in [4.69, 9.17) is 10.5 Å². The lowest BCUT2D eigenvalue weighted by Gasteiger charge is -2.26. The molecule has 2 N–H and O–H groups in total. The van der Waals surface area contributed by atoms with E-state index >= 15 is 0 Å². The number of likely N-dealkylation sites (tertiary alicyclic amines) is 1. The number of nitrogen functional groups attached to an aromatic ring is 1. The zero-order valence-corrected chi connectivity index (χ0v) is 12.0. The Balaban J connectivity index is 1.94. The van der Waals surface area contributed by atoms with Gasteiger partial charge in [0.05, 0.1) is 5.56 Å². The van der Waals surface area contributed by atoms with E-state index in [0.717, 1.165) is 25.3 Å². The summed E-state index contributed by atoms with van der Waals surface area (Å²) < 4.78 is 18.5. The van der Waals surface area contributed by atoms with Crippen LogP contribution in [-0.2, 0) is 9.53 Å². The first kappa shape index (κ1) is 15.3. The number of carbonyl (C=O) groups is 2. The fraction of sp³-hybridized carbons (Fsp3) is 0.467. The second kappa shape index (κ2) is 6.56. The van der Waals surface area contributed by atoms with E-state index < -0.39 is 11.8 Å². The van der Waals surface area contributed by atoms with Gasteiger partial charge in [-0.05, 0) is 38.3 Å². The van der Waals surface area contributed by atoms with Gasteiger partial charge >= 0.3 is 5.97 Å². The van der Waals surface area contributed by atoms with E-state index in [1.165, 1.54) is 13.0 Å². The van der Waals surface area contributed by atoms with Crippen molar-refractivity contribution in [2.75, 3.05) is 25.4 Å². The number of hydrogen-bond acceptors (Lipinski definition) is 4. The van der Waals surface area contributed by atoms with Gasteiger partial charge in [-0.1, -0.05) is 0 Å². The molecule has 0 saturated carbocycles. The largest absolute Gasteiger partial charge is 0.452 e. The van der Waals surface area contributed by atoms with Crippen molar-refractivity contribution in [3.8, 4) is 0 Å². The highest BCUT2D eigenvalue weighted by atomic mass is 19.1. The van der Waals surface area contributed by atoms with Crippen LogP contribution >= 0.6 is 0 Å². The zero-order valence-electron chi connectivity index (χ0n) is 12.0. The molecule has 1 amide bonds. The molecule has 1 fully saturated rings. The van der Waals surface area contributed by atoms with Gasteiger partial charge in [0, 0.05) is 24.3 Å². The molecule has 0 bridgehead atoms. The predicted octanol–water partition coefficient (Wildman–Crippen LogP) is 1.89. The number of piperidine rings is 1. The number of amides is 1. The van der Waals surface area contributed by atoms with Gasteiger partial charge in [0.1, 0.15) is 5.82 Å². The first-order valence-electron chi connectivity index (χ1n) is 6.99. The number of carbonyl (C=O) groups excluding carboxylic acids is 2. The van der Waals surface area contributed by atoms with Gasteiger partial charge in [-0.25, -0.2) is 9.18 Å². The highest BCUT2D eigenvalue weighted by Crippen LogP contribution is 2.18. The predicted molar refractivity (Wildman–Crippen MR) is 76.3 cm³/mol. The number of esters is 1. The van der Waals surface area contributed by atoms with Crippen LogP contribution in [0.2, 0.25) is 0 Å². The summed E-state index contributed by atoms with van der Waals surface area (Å²) in [6.07, 6.45) is 3.06. The molecule has 0 aliphatic carbocycles. The second-order valence-electron chi connectivity index (χ2n) is 5.19. The number of rotatable bonds is 3. The molecular formula is C15H19FN2O3. The van der Waals surface area contributed by atoms with Crippen molar-refractivity contribution in [3.05, 3.63) is 29.1 Å². The number of nitrogens with two attached hydrogens (primary N) is 1. The van der Waals surface area contributed by atoms with E-state index in [1.54, 1.807) is 4.90 Å². The summed E-state index contributed by atoms with van der Waals surface area (Å²) in [6.45, 7) is 2.60. The van der Waals surface area contributed by atoms with Crippen LogP contribution in [-0.4, -0.2) is 36.5 Å². The Morgan fingerprint density at radius 1 is 1.29 bits per heavy atom. The Morgan fingerprint density at radius 2 is 1.95 bits per heavy atom. The van der Waals surface area contributed by atoms with Crippen LogP contribution in [0.4, 0.5) is 10.1 Å². The van der Waals surface area contributed by atoms with Gasteiger partial charge in [-0.2, -0.15) is 0 Å². The molecule has 0 aromatic heterocycles. The molecule has 6 heteroatoms. The average Bonchev–Trinajstić information content (AvgIpc) is 2.50. The molecular weight excluding hydrogens is 275 g/mol. The molecule has 0 atom stereocenters. The third-order valence-electron chi connectivity index (χ3n) is 3.66. The molecule has 1 saturated heterocycles. The quantitative estimate of drug-likeness (QED) is 0.682. The van der Waals surface area contributed by atoms with Gasteiger partial charge in [0.2, 0.25) is 0 Å². The maximum Gasteiger partial charge on any atom is 0.338 e. The molecule has 1 aliphatic heterocycles. The highest BCUT2D eigenvalue weighted by molar-refractivity contribution is 5.92. The van der Waals surface area contributed by atoms with Gasteiger partial charge in [0.15, 0.2) is 6.61 Å². The van der Waals surface area contributed by atoms with Crippen LogP contribution in [0.3, 0.4) is 0 Å². The third-order valence-corrected chi connectivity index (χ3v) is 3.66. The summed E-state index contributed by atoms with van der Waals surface area (Å²) in [4.78, 5) is 25.4. The first-order valence-corrected chi connectivity index (χ1v) is 6.99. The monoisotopic (exact) mass is 294 g/mol. The number of benzene rings is 1. The third kappa shape index (κ3) is 3.71. The van der Waals surface area contributed by atoms with Crippen molar-refractivity contribution in [2.45, 2.75) is 26.2 Å². The number of ether oxygens (including phenoxy) is 1.